The lowest BCUT2D eigenvalue weighted by Crippen LogP contribution is -1.94. The number of hydrogen-bond acceptors (Lipinski definition) is 3. The lowest BCUT2D eigenvalue weighted by molar-refractivity contribution is 0.317. The number of nitrogens with zero attached hydrogens (tertiary/aromatic N) is 2. The number of aryl methyl sites for hydroxylation is 1. The molecule has 1 aliphatic heterocycles. The normalized spacial score (nSPS) is 13.6. The summed E-state index contributed by atoms with van der Waals surface area (Å²) < 4.78 is 7.80. The molecule has 0 amide bonds. The zero-order chi connectivity index (χ0) is 12.4. The first-order chi connectivity index (χ1) is 8.86. The summed E-state index contributed by atoms with van der Waals surface area (Å²) in [5.74, 6) is 2.08. The summed E-state index contributed by atoms with van der Waals surface area (Å²) in [5, 5.41) is 1.14. The Morgan fingerprint density at radius 3 is 2.89 bits per heavy atom. The third-order valence-corrected chi connectivity index (χ3v) is 3.90. The van der Waals surface area contributed by atoms with Crippen LogP contribution in [0.5, 0.6) is 5.75 Å². The van der Waals surface area contributed by atoms with Crippen LogP contribution >= 0.6 is 11.8 Å². The van der Waals surface area contributed by atoms with E-state index in [1.165, 1.54) is 0 Å². The van der Waals surface area contributed by atoms with Gasteiger partial charge in [-0.05, 0) is 30.7 Å². The number of aromatic nitrogens is 2. The smallest absolute Gasteiger partial charge is 0.168 e. The SMILES string of the molecule is CCCOc1ccc(-c2cn3c(n2)SCC3)cc1. The van der Waals surface area contributed by atoms with Crippen molar-refractivity contribution in [3.05, 3.63) is 30.5 Å². The highest BCUT2D eigenvalue weighted by molar-refractivity contribution is 7.99. The van der Waals surface area contributed by atoms with Gasteiger partial charge in [0.05, 0.1) is 12.3 Å². The average molecular weight is 260 g/mol. The van der Waals surface area contributed by atoms with Gasteiger partial charge in [0.15, 0.2) is 5.16 Å². The molecule has 1 aromatic carbocycles. The molecule has 1 aliphatic rings. The number of rotatable bonds is 4. The summed E-state index contributed by atoms with van der Waals surface area (Å²) in [4.78, 5) is 4.64. The quantitative estimate of drug-likeness (QED) is 0.842. The van der Waals surface area contributed by atoms with E-state index in [4.69, 9.17) is 4.74 Å². The molecule has 94 valence electrons. The van der Waals surface area contributed by atoms with Gasteiger partial charge >= 0.3 is 0 Å². The van der Waals surface area contributed by atoms with Crippen LogP contribution in [0.1, 0.15) is 13.3 Å². The molecule has 2 heterocycles. The standard InChI is InChI=1S/C14H16N2OS/c1-2-8-17-12-5-3-11(4-6-12)13-10-16-7-9-18-14(16)15-13/h3-6,10H,2,7-9H2,1H3. The molecule has 0 bridgehead atoms. The van der Waals surface area contributed by atoms with Gasteiger partial charge in [-0.2, -0.15) is 0 Å². The topological polar surface area (TPSA) is 27.1 Å². The lowest BCUT2D eigenvalue weighted by atomic mass is 10.2. The predicted octanol–water partition coefficient (Wildman–Crippen LogP) is 3.44. The van der Waals surface area contributed by atoms with Gasteiger partial charge < -0.3 is 9.30 Å². The van der Waals surface area contributed by atoms with E-state index in [0.29, 0.717) is 0 Å². The van der Waals surface area contributed by atoms with Crippen LogP contribution in [0, 0.1) is 0 Å². The minimum Gasteiger partial charge on any atom is -0.494 e. The number of benzene rings is 1. The Morgan fingerprint density at radius 1 is 1.33 bits per heavy atom. The molecule has 2 aromatic rings. The van der Waals surface area contributed by atoms with E-state index >= 15 is 0 Å². The molecule has 0 saturated heterocycles. The largest absolute Gasteiger partial charge is 0.494 e. The highest BCUT2D eigenvalue weighted by atomic mass is 32.2. The fourth-order valence-corrected chi connectivity index (χ4v) is 2.93. The lowest BCUT2D eigenvalue weighted by Gasteiger charge is -2.04. The number of thioether (sulfide) groups is 1. The van der Waals surface area contributed by atoms with Gasteiger partial charge in [0.25, 0.3) is 0 Å². The minimum absolute atomic E-state index is 0.773. The van der Waals surface area contributed by atoms with Gasteiger partial charge in [-0.3, -0.25) is 0 Å². The minimum atomic E-state index is 0.773. The van der Waals surface area contributed by atoms with E-state index in [9.17, 15) is 0 Å². The summed E-state index contributed by atoms with van der Waals surface area (Å²) in [7, 11) is 0. The number of imidazole rings is 1. The summed E-state index contributed by atoms with van der Waals surface area (Å²) in [5.41, 5.74) is 2.21. The van der Waals surface area contributed by atoms with E-state index in [1.54, 1.807) is 0 Å². The highest BCUT2D eigenvalue weighted by Crippen LogP contribution is 2.29. The third-order valence-electron chi connectivity index (χ3n) is 2.93. The van der Waals surface area contributed by atoms with Gasteiger partial charge in [-0.1, -0.05) is 18.7 Å². The van der Waals surface area contributed by atoms with Crippen molar-refractivity contribution >= 4 is 11.8 Å². The van der Waals surface area contributed by atoms with Crippen molar-refractivity contribution in [1.82, 2.24) is 9.55 Å². The van der Waals surface area contributed by atoms with Crippen LogP contribution in [0.2, 0.25) is 0 Å². The first kappa shape index (κ1) is 11.7. The molecular weight excluding hydrogens is 244 g/mol. The van der Waals surface area contributed by atoms with Crippen molar-refractivity contribution in [3.63, 3.8) is 0 Å². The van der Waals surface area contributed by atoms with Crippen molar-refractivity contribution in [1.29, 1.82) is 0 Å². The second kappa shape index (κ2) is 5.06. The Bertz CT molecular complexity index is 512. The number of hydrogen-bond donors (Lipinski definition) is 0. The van der Waals surface area contributed by atoms with Crippen LogP contribution in [0.4, 0.5) is 0 Å². The zero-order valence-electron chi connectivity index (χ0n) is 10.4. The number of ether oxygens (including phenoxy) is 1. The van der Waals surface area contributed by atoms with Crippen molar-refractivity contribution < 1.29 is 4.74 Å². The van der Waals surface area contributed by atoms with Crippen LogP contribution in [-0.4, -0.2) is 21.9 Å². The highest BCUT2D eigenvalue weighted by Gasteiger charge is 2.14. The van der Waals surface area contributed by atoms with Crippen LogP contribution in [0.25, 0.3) is 11.3 Å². The number of fused-ring (bicyclic) bond motifs is 1. The zero-order valence-corrected chi connectivity index (χ0v) is 11.2. The van der Waals surface area contributed by atoms with Gasteiger partial charge in [0, 0.05) is 24.1 Å². The third kappa shape index (κ3) is 2.25. The molecule has 0 unspecified atom stereocenters. The molecule has 1 aromatic heterocycles. The summed E-state index contributed by atoms with van der Waals surface area (Å²) in [6, 6.07) is 8.19. The van der Waals surface area contributed by atoms with E-state index < -0.39 is 0 Å². The molecule has 18 heavy (non-hydrogen) atoms. The molecular formula is C14H16N2OS. The molecule has 0 atom stereocenters. The maximum atomic E-state index is 5.58. The van der Waals surface area contributed by atoms with Gasteiger partial charge in [-0.15, -0.1) is 0 Å². The first-order valence-corrected chi connectivity index (χ1v) is 7.28. The fraction of sp³-hybridized carbons (Fsp3) is 0.357. The van der Waals surface area contributed by atoms with Crippen LogP contribution in [0.15, 0.2) is 35.6 Å². The molecule has 3 rings (SSSR count). The molecule has 0 fully saturated rings. The Morgan fingerprint density at radius 2 is 2.17 bits per heavy atom. The van der Waals surface area contributed by atoms with E-state index in [1.807, 2.05) is 23.9 Å². The predicted molar refractivity (Wildman–Crippen MR) is 74.2 cm³/mol. The molecule has 0 aliphatic carbocycles. The molecule has 3 nitrogen and oxygen atoms in total. The van der Waals surface area contributed by atoms with Gasteiger partial charge in [0.2, 0.25) is 0 Å². The molecule has 0 N–H and O–H groups in total. The second-order valence-corrected chi connectivity index (χ2v) is 5.39. The van der Waals surface area contributed by atoms with E-state index in [0.717, 1.165) is 47.5 Å². The summed E-state index contributed by atoms with van der Waals surface area (Å²) in [6.45, 7) is 3.96. The van der Waals surface area contributed by atoms with Crippen molar-refractivity contribution in [2.45, 2.75) is 25.0 Å². The Labute approximate surface area is 111 Å². The van der Waals surface area contributed by atoms with E-state index in [-0.39, 0.29) is 0 Å². The molecule has 0 radical (unpaired) electrons. The van der Waals surface area contributed by atoms with Crippen molar-refractivity contribution in [2.75, 3.05) is 12.4 Å². The Hall–Kier alpha value is -1.42. The summed E-state index contributed by atoms with van der Waals surface area (Å²) >= 11 is 1.82. The maximum Gasteiger partial charge on any atom is 0.168 e. The Kier molecular flexibility index (Phi) is 3.28. The fourth-order valence-electron chi connectivity index (χ4n) is 1.99. The summed E-state index contributed by atoms with van der Waals surface area (Å²) in [6.07, 6.45) is 3.17. The molecule has 0 saturated carbocycles. The Balaban J connectivity index is 1.79. The van der Waals surface area contributed by atoms with Crippen molar-refractivity contribution in [3.8, 4) is 17.0 Å². The monoisotopic (exact) mass is 260 g/mol. The molecule has 0 spiro atoms. The van der Waals surface area contributed by atoms with E-state index in [2.05, 4.69) is 34.8 Å². The molecule has 4 heteroatoms. The first-order valence-electron chi connectivity index (χ1n) is 6.30. The maximum absolute atomic E-state index is 5.58. The van der Waals surface area contributed by atoms with Gasteiger partial charge in [-0.25, -0.2) is 4.98 Å². The van der Waals surface area contributed by atoms with Gasteiger partial charge in [0.1, 0.15) is 5.75 Å². The van der Waals surface area contributed by atoms with Crippen LogP contribution < -0.4 is 4.74 Å². The average Bonchev–Trinajstić information content (AvgIpc) is 2.97. The van der Waals surface area contributed by atoms with Crippen molar-refractivity contribution in [2.24, 2.45) is 0 Å². The van der Waals surface area contributed by atoms with Crippen LogP contribution in [0.3, 0.4) is 0 Å². The second-order valence-electron chi connectivity index (χ2n) is 4.32. The van der Waals surface area contributed by atoms with Crippen LogP contribution in [-0.2, 0) is 6.54 Å².